The molecule has 1 amide bonds. The van der Waals surface area contributed by atoms with Crippen molar-refractivity contribution < 1.29 is 9.53 Å². The van der Waals surface area contributed by atoms with E-state index in [1.165, 1.54) is 11.1 Å². The van der Waals surface area contributed by atoms with Crippen LogP contribution in [0.5, 0.6) is 0 Å². The summed E-state index contributed by atoms with van der Waals surface area (Å²) in [6, 6.07) is 8.57. The first-order valence-corrected chi connectivity index (χ1v) is 7.60. The minimum absolute atomic E-state index is 0.345. The van der Waals surface area contributed by atoms with Crippen LogP contribution in [0.15, 0.2) is 24.3 Å². The molecule has 4 heteroatoms. The molecule has 0 aliphatic carbocycles. The van der Waals surface area contributed by atoms with Gasteiger partial charge in [0.25, 0.3) is 0 Å². The predicted octanol–water partition coefficient (Wildman–Crippen LogP) is 3.04. The number of amides is 1. The molecule has 0 saturated heterocycles. The Morgan fingerprint density at radius 2 is 1.95 bits per heavy atom. The van der Waals surface area contributed by atoms with Crippen LogP contribution >= 0.6 is 0 Å². The minimum atomic E-state index is -0.434. The van der Waals surface area contributed by atoms with Crippen molar-refractivity contribution in [1.29, 1.82) is 0 Å². The van der Waals surface area contributed by atoms with Crippen molar-refractivity contribution in [3.05, 3.63) is 35.4 Å². The first-order valence-electron chi connectivity index (χ1n) is 7.60. The molecule has 1 aromatic carbocycles. The standard InChI is InChI=1S/C17H28N2O2/c1-14-7-5-8-15(13-14)9-12-18-10-6-11-19-16(20)21-17(2,3)4/h5,7-8,13,18H,6,9-12H2,1-4H3,(H,19,20). The van der Waals surface area contributed by atoms with Crippen molar-refractivity contribution in [3.63, 3.8) is 0 Å². The number of ether oxygens (including phenoxy) is 1. The normalized spacial score (nSPS) is 11.2. The lowest BCUT2D eigenvalue weighted by atomic mass is 10.1. The Morgan fingerprint density at radius 1 is 1.19 bits per heavy atom. The molecule has 0 aliphatic heterocycles. The fraction of sp³-hybridized carbons (Fsp3) is 0.588. The van der Waals surface area contributed by atoms with Crippen LogP contribution in [0.4, 0.5) is 4.79 Å². The van der Waals surface area contributed by atoms with Crippen LogP contribution in [0.3, 0.4) is 0 Å². The second kappa shape index (κ2) is 8.67. The fourth-order valence-corrected chi connectivity index (χ4v) is 1.94. The maximum atomic E-state index is 11.4. The molecule has 0 bridgehead atoms. The number of nitrogens with one attached hydrogen (secondary N) is 2. The maximum Gasteiger partial charge on any atom is 0.407 e. The molecule has 4 nitrogen and oxygen atoms in total. The van der Waals surface area contributed by atoms with E-state index in [1.54, 1.807) is 0 Å². The second-order valence-corrected chi connectivity index (χ2v) is 6.27. The summed E-state index contributed by atoms with van der Waals surface area (Å²) >= 11 is 0. The number of hydrogen-bond acceptors (Lipinski definition) is 3. The lowest BCUT2D eigenvalue weighted by Gasteiger charge is -2.19. The zero-order valence-electron chi connectivity index (χ0n) is 13.7. The highest BCUT2D eigenvalue weighted by Crippen LogP contribution is 2.06. The lowest BCUT2D eigenvalue weighted by molar-refractivity contribution is 0.0527. The van der Waals surface area contributed by atoms with E-state index in [0.29, 0.717) is 6.54 Å². The Morgan fingerprint density at radius 3 is 2.62 bits per heavy atom. The van der Waals surface area contributed by atoms with E-state index in [9.17, 15) is 4.79 Å². The van der Waals surface area contributed by atoms with Crippen molar-refractivity contribution >= 4 is 6.09 Å². The molecule has 0 aliphatic rings. The Bertz CT molecular complexity index is 439. The van der Waals surface area contributed by atoms with Crippen LogP contribution in [-0.4, -0.2) is 31.3 Å². The number of hydrogen-bond donors (Lipinski definition) is 2. The molecule has 1 rings (SSSR count). The van der Waals surface area contributed by atoms with Gasteiger partial charge in [-0.15, -0.1) is 0 Å². The molecule has 0 heterocycles. The first-order chi connectivity index (χ1) is 9.87. The summed E-state index contributed by atoms with van der Waals surface area (Å²) < 4.78 is 5.16. The summed E-state index contributed by atoms with van der Waals surface area (Å²) in [5, 5.41) is 6.14. The number of carbonyl (C=O) groups excluding carboxylic acids is 1. The molecule has 0 saturated carbocycles. The highest BCUT2D eigenvalue weighted by atomic mass is 16.6. The van der Waals surface area contributed by atoms with E-state index < -0.39 is 5.60 Å². The Balaban J connectivity index is 2.01. The van der Waals surface area contributed by atoms with Crippen molar-refractivity contribution in [3.8, 4) is 0 Å². The summed E-state index contributed by atoms with van der Waals surface area (Å²) in [6.45, 7) is 10.2. The van der Waals surface area contributed by atoms with Gasteiger partial charge in [0.15, 0.2) is 0 Å². The average Bonchev–Trinajstić information content (AvgIpc) is 2.35. The minimum Gasteiger partial charge on any atom is -0.444 e. The monoisotopic (exact) mass is 292 g/mol. The Labute approximate surface area is 128 Å². The zero-order valence-corrected chi connectivity index (χ0v) is 13.7. The fourth-order valence-electron chi connectivity index (χ4n) is 1.94. The summed E-state index contributed by atoms with van der Waals surface area (Å²) in [5.74, 6) is 0. The summed E-state index contributed by atoms with van der Waals surface area (Å²) in [4.78, 5) is 11.4. The van der Waals surface area contributed by atoms with E-state index in [-0.39, 0.29) is 6.09 Å². The average molecular weight is 292 g/mol. The molecule has 0 fully saturated rings. The predicted molar refractivity (Wildman–Crippen MR) is 86.6 cm³/mol. The Kier molecular flexibility index (Phi) is 7.23. The van der Waals surface area contributed by atoms with Crippen molar-refractivity contribution in [2.24, 2.45) is 0 Å². The van der Waals surface area contributed by atoms with Gasteiger partial charge in [-0.25, -0.2) is 4.79 Å². The first kappa shape index (κ1) is 17.5. The van der Waals surface area contributed by atoms with Gasteiger partial charge in [-0.2, -0.15) is 0 Å². The quantitative estimate of drug-likeness (QED) is 0.759. The smallest absolute Gasteiger partial charge is 0.407 e. The SMILES string of the molecule is Cc1cccc(CCNCCCNC(=O)OC(C)(C)C)c1. The largest absolute Gasteiger partial charge is 0.444 e. The van der Waals surface area contributed by atoms with Gasteiger partial charge in [-0.05, 0) is 59.2 Å². The topological polar surface area (TPSA) is 50.4 Å². The van der Waals surface area contributed by atoms with E-state index in [2.05, 4.69) is 41.8 Å². The molecular weight excluding hydrogens is 264 g/mol. The van der Waals surface area contributed by atoms with Crippen LogP contribution in [0.2, 0.25) is 0 Å². The molecule has 1 aromatic rings. The number of rotatable bonds is 7. The molecule has 118 valence electrons. The van der Waals surface area contributed by atoms with Gasteiger partial charge in [-0.3, -0.25) is 0 Å². The van der Waals surface area contributed by atoms with Gasteiger partial charge < -0.3 is 15.4 Å². The van der Waals surface area contributed by atoms with Crippen LogP contribution in [-0.2, 0) is 11.2 Å². The third-order valence-electron chi connectivity index (χ3n) is 2.87. The summed E-state index contributed by atoms with van der Waals surface area (Å²) in [6.07, 6.45) is 1.58. The highest BCUT2D eigenvalue weighted by molar-refractivity contribution is 5.67. The van der Waals surface area contributed by atoms with Gasteiger partial charge >= 0.3 is 6.09 Å². The summed E-state index contributed by atoms with van der Waals surface area (Å²) in [7, 11) is 0. The molecule has 0 spiro atoms. The number of aryl methyl sites for hydroxylation is 1. The van der Waals surface area contributed by atoms with Crippen molar-refractivity contribution in [1.82, 2.24) is 10.6 Å². The van der Waals surface area contributed by atoms with Crippen LogP contribution in [0, 0.1) is 6.92 Å². The summed E-state index contributed by atoms with van der Waals surface area (Å²) in [5.41, 5.74) is 2.22. The molecular formula is C17H28N2O2. The third kappa shape index (κ3) is 9.08. The van der Waals surface area contributed by atoms with E-state index >= 15 is 0 Å². The van der Waals surface area contributed by atoms with Crippen molar-refractivity contribution in [2.45, 2.75) is 46.1 Å². The van der Waals surface area contributed by atoms with Gasteiger partial charge in [-0.1, -0.05) is 29.8 Å². The molecule has 0 aromatic heterocycles. The van der Waals surface area contributed by atoms with Crippen LogP contribution in [0.1, 0.15) is 38.3 Å². The Hall–Kier alpha value is -1.55. The zero-order chi connectivity index (χ0) is 15.7. The molecule has 0 atom stereocenters. The van der Waals surface area contributed by atoms with Crippen LogP contribution < -0.4 is 10.6 Å². The van der Waals surface area contributed by atoms with E-state index in [1.807, 2.05) is 20.8 Å². The third-order valence-corrected chi connectivity index (χ3v) is 2.87. The van der Waals surface area contributed by atoms with Crippen LogP contribution in [0.25, 0.3) is 0 Å². The number of benzene rings is 1. The molecule has 21 heavy (non-hydrogen) atoms. The maximum absolute atomic E-state index is 11.4. The second-order valence-electron chi connectivity index (χ2n) is 6.27. The molecule has 2 N–H and O–H groups in total. The van der Waals surface area contributed by atoms with E-state index in [0.717, 1.165) is 25.9 Å². The van der Waals surface area contributed by atoms with Gasteiger partial charge in [0, 0.05) is 6.54 Å². The molecule has 0 unspecified atom stereocenters. The number of carbonyl (C=O) groups is 1. The van der Waals surface area contributed by atoms with Crippen molar-refractivity contribution in [2.75, 3.05) is 19.6 Å². The lowest BCUT2D eigenvalue weighted by Crippen LogP contribution is -2.34. The van der Waals surface area contributed by atoms with Gasteiger partial charge in [0.1, 0.15) is 5.60 Å². The van der Waals surface area contributed by atoms with E-state index in [4.69, 9.17) is 4.74 Å². The highest BCUT2D eigenvalue weighted by Gasteiger charge is 2.15. The van der Waals surface area contributed by atoms with Gasteiger partial charge in [0.2, 0.25) is 0 Å². The number of alkyl carbamates (subject to hydrolysis) is 1. The molecule has 0 radical (unpaired) electrons. The van der Waals surface area contributed by atoms with Gasteiger partial charge in [0.05, 0.1) is 0 Å².